The second kappa shape index (κ2) is 33.9. The third kappa shape index (κ3) is 33.0. The Balaban J connectivity index is 4.40. The van der Waals surface area contributed by atoms with Crippen molar-refractivity contribution < 1.29 is 47.8 Å². The van der Waals surface area contributed by atoms with Crippen molar-refractivity contribution in [2.24, 2.45) is 0 Å². The number of carbonyl (C=O) groups excluding carboxylic acids is 2. The van der Waals surface area contributed by atoms with E-state index in [9.17, 15) is 24.2 Å². The normalized spacial score (nSPS) is 14.4. The first-order valence-electron chi connectivity index (χ1n) is 18.8. The van der Waals surface area contributed by atoms with E-state index >= 15 is 0 Å². The van der Waals surface area contributed by atoms with Crippen LogP contribution in [-0.2, 0) is 32.7 Å². The van der Waals surface area contributed by atoms with E-state index < -0.39 is 51.8 Å². The number of hydrogen-bond donors (Lipinski definition) is 3. The second-order valence-corrected chi connectivity index (χ2v) is 14.0. The number of rotatable bonds is 35. The molecule has 0 saturated carbocycles. The zero-order valence-electron chi connectivity index (χ0n) is 30.2. The number of aliphatic hydroxyl groups excluding tert-OH is 2. The molecule has 0 aliphatic rings. The average molecular weight is 705 g/mol. The van der Waals surface area contributed by atoms with E-state index in [0.29, 0.717) is 12.8 Å². The molecule has 282 valence electrons. The fraction of sp³-hybridized carbons (Fsp3) is 0.838. The van der Waals surface area contributed by atoms with Crippen molar-refractivity contribution in [3.05, 3.63) is 24.3 Å². The van der Waals surface area contributed by atoms with Gasteiger partial charge in [0.25, 0.3) is 0 Å². The van der Waals surface area contributed by atoms with E-state index in [4.69, 9.17) is 19.1 Å². The summed E-state index contributed by atoms with van der Waals surface area (Å²) in [5.74, 6) is -0.947. The minimum Gasteiger partial charge on any atom is -0.462 e. The molecule has 0 rings (SSSR count). The first kappa shape index (κ1) is 46.5. The van der Waals surface area contributed by atoms with E-state index in [1.807, 2.05) is 0 Å². The summed E-state index contributed by atoms with van der Waals surface area (Å²) in [7, 11) is -4.61. The first-order valence-corrected chi connectivity index (χ1v) is 20.3. The Morgan fingerprint density at radius 3 is 1.56 bits per heavy atom. The van der Waals surface area contributed by atoms with Gasteiger partial charge in [0.15, 0.2) is 6.10 Å². The molecule has 3 N–H and O–H groups in total. The summed E-state index contributed by atoms with van der Waals surface area (Å²) in [5, 5.41) is 18.2. The summed E-state index contributed by atoms with van der Waals surface area (Å²) in [6.45, 7) is 2.29. The Bertz CT molecular complexity index is 863. The van der Waals surface area contributed by atoms with Gasteiger partial charge in [-0.25, -0.2) is 4.57 Å². The average Bonchev–Trinajstić information content (AvgIpc) is 3.07. The van der Waals surface area contributed by atoms with Gasteiger partial charge in [-0.3, -0.25) is 18.6 Å². The molecule has 0 aromatic carbocycles. The maximum atomic E-state index is 12.5. The van der Waals surface area contributed by atoms with Crippen LogP contribution in [0.3, 0.4) is 0 Å². The van der Waals surface area contributed by atoms with Crippen LogP contribution in [-0.4, -0.2) is 65.7 Å². The minimum absolute atomic E-state index is 0.174. The number of phosphoric ester groups is 1. The van der Waals surface area contributed by atoms with Gasteiger partial charge < -0.3 is 24.6 Å². The lowest BCUT2D eigenvalue weighted by molar-refractivity contribution is -0.161. The Morgan fingerprint density at radius 1 is 0.604 bits per heavy atom. The summed E-state index contributed by atoms with van der Waals surface area (Å²) in [4.78, 5) is 34.7. The largest absolute Gasteiger partial charge is 0.472 e. The van der Waals surface area contributed by atoms with Gasteiger partial charge in [-0.15, -0.1) is 0 Å². The van der Waals surface area contributed by atoms with Crippen molar-refractivity contribution in [2.45, 2.75) is 174 Å². The standard InChI is InChI=1S/C37H69O10P/c1-3-5-7-9-11-13-15-16-17-19-21-23-25-27-29-37(41)47-35(33-46-48(42,43)45-31-34(39)30-38)32-44-36(40)28-26-24-22-20-18-14-12-10-8-6-4-2/h10,12,15-16,34-35,38-39H,3-9,11,13-14,17-33H2,1-2H3,(H,42,43)/b12-10-,16-15-/t34-,35+/m0/s1. The van der Waals surface area contributed by atoms with Gasteiger partial charge in [-0.1, -0.05) is 115 Å². The third-order valence-electron chi connectivity index (χ3n) is 7.83. The lowest BCUT2D eigenvalue weighted by Crippen LogP contribution is -2.29. The number of hydrogen-bond acceptors (Lipinski definition) is 9. The molecule has 1 unspecified atom stereocenters. The number of unbranched alkanes of at least 4 members (excludes halogenated alkanes) is 17. The maximum Gasteiger partial charge on any atom is 0.472 e. The molecule has 11 heteroatoms. The lowest BCUT2D eigenvalue weighted by Gasteiger charge is -2.20. The highest BCUT2D eigenvalue weighted by Crippen LogP contribution is 2.43. The van der Waals surface area contributed by atoms with E-state index in [1.54, 1.807) is 0 Å². The molecule has 0 saturated heterocycles. The maximum absolute atomic E-state index is 12.5. The van der Waals surface area contributed by atoms with Gasteiger partial charge in [0.1, 0.15) is 12.7 Å². The van der Waals surface area contributed by atoms with Gasteiger partial charge in [0, 0.05) is 12.8 Å². The highest BCUT2D eigenvalue weighted by molar-refractivity contribution is 7.47. The van der Waals surface area contributed by atoms with Gasteiger partial charge in [-0.2, -0.15) is 0 Å². The number of ether oxygens (including phenoxy) is 2. The fourth-order valence-corrected chi connectivity index (χ4v) is 5.64. The number of esters is 2. The molecule has 0 spiro atoms. The lowest BCUT2D eigenvalue weighted by atomic mass is 10.1. The summed E-state index contributed by atoms with van der Waals surface area (Å²) < 4.78 is 32.5. The number of allylic oxidation sites excluding steroid dienone is 4. The zero-order valence-corrected chi connectivity index (χ0v) is 31.1. The van der Waals surface area contributed by atoms with Crippen LogP contribution in [0, 0.1) is 0 Å². The highest BCUT2D eigenvalue weighted by atomic mass is 31.2. The van der Waals surface area contributed by atoms with Gasteiger partial charge in [0.2, 0.25) is 0 Å². The minimum atomic E-state index is -4.61. The number of carbonyl (C=O) groups is 2. The van der Waals surface area contributed by atoms with Crippen LogP contribution in [0.25, 0.3) is 0 Å². The van der Waals surface area contributed by atoms with Crippen LogP contribution < -0.4 is 0 Å². The Kier molecular flexibility index (Phi) is 32.8. The SMILES string of the molecule is CCCC/C=C\CCCCCCCC(=O)OC[C@H](COP(=O)(O)OC[C@@H](O)CO)OC(=O)CCCCCCC/C=C\CCCCCCC. The highest BCUT2D eigenvalue weighted by Gasteiger charge is 2.27. The summed E-state index contributed by atoms with van der Waals surface area (Å²) in [6.07, 6.45) is 30.1. The summed E-state index contributed by atoms with van der Waals surface area (Å²) >= 11 is 0. The monoisotopic (exact) mass is 704 g/mol. The molecule has 0 bridgehead atoms. The number of phosphoric acid groups is 1. The smallest absolute Gasteiger partial charge is 0.462 e. The third-order valence-corrected chi connectivity index (χ3v) is 8.78. The van der Waals surface area contributed by atoms with Crippen molar-refractivity contribution in [3.63, 3.8) is 0 Å². The van der Waals surface area contributed by atoms with E-state index in [-0.39, 0.29) is 19.4 Å². The van der Waals surface area contributed by atoms with Gasteiger partial charge in [0.05, 0.1) is 19.8 Å². The van der Waals surface area contributed by atoms with Crippen LogP contribution >= 0.6 is 7.82 Å². The van der Waals surface area contributed by atoms with Crippen molar-refractivity contribution in [1.82, 2.24) is 0 Å². The topological polar surface area (TPSA) is 149 Å². The van der Waals surface area contributed by atoms with E-state index in [2.05, 4.69) is 42.7 Å². The molecule has 0 amide bonds. The predicted molar refractivity (Wildman–Crippen MR) is 191 cm³/mol. The zero-order chi connectivity index (χ0) is 35.6. The van der Waals surface area contributed by atoms with Gasteiger partial charge in [-0.05, 0) is 57.8 Å². The predicted octanol–water partition coefficient (Wildman–Crippen LogP) is 9.05. The molecule has 0 aliphatic carbocycles. The number of aliphatic hydroxyl groups is 2. The molecule has 10 nitrogen and oxygen atoms in total. The molecule has 0 aromatic rings. The van der Waals surface area contributed by atoms with Crippen LogP contribution in [0.4, 0.5) is 0 Å². The van der Waals surface area contributed by atoms with Crippen molar-refractivity contribution in [1.29, 1.82) is 0 Å². The van der Waals surface area contributed by atoms with Crippen molar-refractivity contribution in [3.8, 4) is 0 Å². The molecule has 48 heavy (non-hydrogen) atoms. The van der Waals surface area contributed by atoms with Crippen LogP contribution in [0.15, 0.2) is 24.3 Å². The van der Waals surface area contributed by atoms with E-state index in [1.165, 1.54) is 44.9 Å². The van der Waals surface area contributed by atoms with E-state index in [0.717, 1.165) is 77.0 Å². The molecule has 0 radical (unpaired) electrons. The molecular weight excluding hydrogens is 635 g/mol. The van der Waals surface area contributed by atoms with Crippen LogP contribution in [0.2, 0.25) is 0 Å². The fourth-order valence-electron chi connectivity index (χ4n) is 4.85. The van der Waals surface area contributed by atoms with Crippen LogP contribution in [0.5, 0.6) is 0 Å². The Hall–Kier alpha value is -1.55. The quantitative estimate of drug-likeness (QED) is 0.0252. The molecule has 0 heterocycles. The first-order chi connectivity index (χ1) is 23.2. The molecule has 0 aromatic heterocycles. The van der Waals surface area contributed by atoms with Gasteiger partial charge >= 0.3 is 19.8 Å². The summed E-state index contributed by atoms with van der Waals surface area (Å²) in [6, 6.07) is 0. The second-order valence-electron chi connectivity index (χ2n) is 12.6. The molecule has 3 atom stereocenters. The molecular formula is C37H69O10P. The Morgan fingerprint density at radius 2 is 1.04 bits per heavy atom. The van der Waals surface area contributed by atoms with Crippen LogP contribution in [0.1, 0.15) is 162 Å². The summed E-state index contributed by atoms with van der Waals surface area (Å²) in [5.41, 5.74) is 0. The van der Waals surface area contributed by atoms with Crippen molar-refractivity contribution in [2.75, 3.05) is 26.4 Å². The van der Waals surface area contributed by atoms with Crippen molar-refractivity contribution >= 4 is 19.8 Å². The molecule has 0 aliphatic heterocycles. The molecule has 0 fully saturated rings. The Labute approximate surface area is 291 Å².